The third kappa shape index (κ3) is 7.44. The minimum Gasteiger partial charge on any atom is -0.463 e. The normalized spacial score (nSPS) is 13.9. The number of likely N-dealkylation sites (tertiary alicyclic amines) is 1. The highest BCUT2D eigenvalue weighted by molar-refractivity contribution is 6.02. The minimum absolute atomic E-state index is 0.00364. The van der Waals surface area contributed by atoms with Crippen LogP contribution in [0.2, 0.25) is 0 Å². The highest BCUT2D eigenvalue weighted by atomic mass is 19.3. The Morgan fingerprint density at radius 2 is 1.72 bits per heavy atom. The Morgan fingerprint density at radius 1 is 1.05 bits per heavy atom. The zero-order valence-electron chi connectivity index (χ0n) is 24.1. The zero-order chi connectivity index (χ0) is 31.1. The SMILES string of the molecule is Cc1ccc(NC(=O)C2(c3ccccc3C(C)C)CN(C(=O)CCN(OCc3ccccc3)C(=O)O)C2)c(OC(F)F)n1. The highest BCUT2D eigenvalue weighted by Crippen LogP contribution is 2.41. The van der Waals surface area contributed by atoms with E-state index in [1.54, 1.807) is 43.3 Å². The van der Waals surface area contributed by atoms with Crippen molar-refractivity contribution in [2.45, 2.75) is 51.7 Å². The van der Waals surface area contributed by atoms with Gasteiger partial charge in [-0.3, -0.25) is 14.4 Å². The number of rotatable bonds is 12. The molecule has 1 fully saturated rings. The number of hydrogen-bond donors (Lipinski definition) is 2. The number of alkyl halides is 2. The van der Waals surface area contributed by atoms with Crippen molar-refractivity contribution in [3.63, 3.8) is 0 Å². The number of ether oxygens (including phenoxy) is 1. The predicted octanol–water partition coefficient (Wildman–Crippen LogP) is 5.34. The largest absolute Gasteiger partial charge is 0.463 e. The number of benzene rings is 2. The maximum Gasteiger partial charge on any atom is 0.431 e. The van der Waals surface area contributed by atoms with Crippen LogP contribution in [0.1, 0.15) is 48.6 Å². The summed E-state index contributed by atoms with van der Waals surface area (Å²) in [6, 6.07) is 19.4. The van der Waals surface area contributed by atoms with Crippen molar-refractivity contribution in [2.24, 2.45) is 0 Å². The number of carbonyl (C=O) groups is 3. The van der Waals surface area contributed by atoms with Crippen LogP contribution in [0.15, 0.2) is 66.7 Å². The van der Waals surface area contributed by atoms with Crippen LogP contribution in [0.4, 0.5) is 19.3 Å². The van der Waals surface area contributed by atoms with Crippen molar-refractivity contribution in [3.8, 4) is 5.88 Å². The van der Waals surface area contributed by atoms with E-state index in [0.29, 0.717) is 16.3 Å². The summed E-state index contributed by atoms with van der Waals surface area (Å²) < 4.78 is 30.7. The molecule has 2 aromatic carbocycles. The number of amides is 3. The molecule has 0 aliphatic carbocycles. The maximum atomic E-state index is 13.9. The van der Waals surface area contributed by atoms with Gasteiger partial charge < -0.3 is 20.1 Å². The highest BCUT2D eigenvalue weighted by Gasteiger charge is 2.53. The maximum absolute atomic E-state index is 13.9. The monoisotopic (exact) mass is 596 g/mol. The minimum atomic E-state index is -3.14. The average molecular weight is 597 g/mol. The second kappa shape index (κ2) is 13.6. The number of anilines is 1. The first kappa shape index (κ1) is 31.4. The lowest BCUT2D eigenvalue weighted by Crippen LogP contribution is -2.66. The quantitative estimate of drug-likeness (QED) is 0.271. The van der Waals surface area contributed by atoms with Crippen molar-refractivity contribution in [3.05, 3.63) is 89.1 Å². The number of hydrogen-bond acceptors (Lipinski definition) is 6. The average Bonchev–Trinajstić information content (AvgIpc) is 2.94. The van der Waals surface area contributed by atoms with Gasteiger partial charge in [0.2, 0.25) is 17.7 Å². The first-order valence-electron chi connectivity index (χ1n) is 13.8. The van der Waals surface area contributed by atoms with Crippen LogP contribution in [0.25, 0.3) is 0 Å². The van der Waals surface area contributed by atoms with Gasteiger partial charge in [-0.15, -0.1) is 0 Å². The molecule has 1 aliphatic heterocycles. The summed E-state index contributed by atoms with van der Waals surface area (Å²) in [6.45, 7) is 2.26. The molecule has 1 aliphatic rings. The molecule has 0 radical (unpaired) electrons. The van der Waals surface area contributed by atoms with E-state index in [4.69, 9.17) is 4.84 Å². The smallest absolute Gasteiger partial charge is 0.431 e. The van der Waals surface area contributed by atoms with Gasteiger partial charge in [0.25, 0.3) is 0 Å². The Morgan fingerprint density at radius 3 is 2.37 bits per heavy atom. The third-order valence-electron chi connectivity index (χ3n) is 7.23. The van der Waals surface area contributed by atoms with Crippen molar-refractivity contribution < 1.29 is 37.8 Å². The van der Waals surface area contributed by atoms with Crippen LogP contribution in [-0.2, 0) is 26.4 Å². The standard InChI is InChI=1S/C31H34F2N4O6/c1-20(2)23-11-7-8-12-24(23)31(28(39)35-25-14-13-21(3)34-27(25)43-29(32)33)18-36(19-31)26(38)15-16-37(30(40)41)42-17-22-9-5-4-6-10-22/h4-14,20,29H,15-19H2,1-3H3,(H,35,39)(H,40,41). The van der Waals surface area contributed by atoms with Gasteiger partial charge in [-0.05, 0) is 41.7 Å². The van der Waals surface area contributed by atoms with E-state index in [9.17, 15) is 28.3 Å². The van der Waals surface area contributed by atoms with Gasteiger partial charge in [0, 0.05) is 25.2 Å². The number of aromatic nitrogens is 1. The molecule has 1 aromatic heterocycles. The fraction of sp³-hybridized carbons (Fsp3) is 0.355. The molecule has 2 N–H and O–H groups in total. The zero-order valence-corrected chi connectivity index (χ0v) is 24.1. The third-order valence-corrected chi connectivity index (χ3v) is 7.23. The molecule has 2 heterocycles. The Kier molecular flexibility index (Phi) is 9.92. The van der Waals surface area contributed by atoms with E-state index < -0.39 is 29.9 Å². The summed E-state index contributed by atoms with van der Waals surface area (Å²) >= 11 is 0. The van der Waals surface area contributed by atoms with E-state index in [1.807, 2.05) is 38.1 Å². The Hall–Kier alpha value is -4.58. The van der Waals surface area contributed by atoms with Crippen LogP contribution < -0.4 is 10.1 Å². The molecule has 0 atom stereocenters. The van der Waals surface area contributed by atoms with Crippen molar-refractivity contribution in [1.82, 2.24) is 14.9 Å². The second-order valence-corrected chi connectivity index (χ2v) is 10.6. The Labute approximate surface area is 248 Å². The Balaban J connectivity index is 1.51. The summed E-state index contributed by atoms with van der Waals surface area (Å²) in [5, 5.41) is 13.0. The summed E-state index contributed by atoms with van der Waals surface area (Å²) in [5.41, 5.74) is 1.60. The molecular weight excluding hydrogens is 562 g/mol. The number of nitrogens with one attached hydrogen (secondary N) is 1. The van der Waals surface area contributed by atoms with E-state index in [-0.39, 0.29) is 50.2 Å². The molecule has 10 nitrogen and oxygen atoms in total. The van der Waals surface area contributed by atoms with Gasteiger partial charge in [-0.2, -0.15) is 13.8 Å². The molecule has 1 saturated heterocycles. The van der Waals surface area contributed by atoms with Crippen LogP contribution >= 0.6 is 0 Å². The van der Waals surface area contributed by atoms with E-state index in [2.05, 4.69) is 15.0 Å². The lowest BCUT2D eigenvalue weighted by Gasteiger charge is -2.50. The molecule has 4 rings (SSSR count). The molecule has 0 saturated carbocycles. The molecule has 228 valence electrons. The number of carbonyl (C=O) groups excluding carboxylic acids is 2. The number of hydroxylamine groups is 2. The Bertz CT molecular complexity index is 1450. The van der Waals surface area contributed by atoms with E-state index >= 15 is 0 Å². The van der Waals surface area contributed by atoms with Crippen molar-refractivity contribution in [2.75, 3.05) is 25.0 Å². The fourth-order valence-electron chi connectivity index (χ4n) is 5.00. The summed E-state index contributed by atoms with van der Waals surface area (Å²) in [4.78, 5) is 49.7. The second-order valence-electron chi connectivity index (χ2n) is 10.6. The van der Waals surface area contributed by atoms with Gasteiger partial charge in [0.1, 0.15) is 17.7 Å². The van der Waals surface area contributed by atoms with Crippen molar-refractivity contribution in [1.29, 1.82) is 0 Å². The lowest BCUT2D eigenvalue weighted by molar-refractivity contribution is -0.154. The molecule has 43 heavy (non-hydrogen) atoms. The van der Waals surface area contributed by atoms with Gasteiger partial charge in [0.15, 0.2) is 0 Å². The molecule has 0 unspecified atom stereocenters. The molecular formula is C31H34F2N4O6. The van der Waals surface area contributed by atoms with Crippen LogP contribution in [0, 0.1) is 6.92 Å². The van der Waals surface area contributed by atoms with Gasteiger partial charge in [0.05, 0.1) is 6.54 Å². The van der Waals surface area contributed by atoms with Crippen LogP contribution in [0.3, 0.4) is 0 Å². The summed E-state index contributed by atoms with van der Waals surface area (Å²) in [7, 11) is 0. The summed E-state index contributed by atoms with van der Waals surface area (Å²) in [5.74, 6) is -1.23. The predicted molar refractivity (Wildman–Crippen MR) is 154 cm³/mol. The number of pyridine rings is 1. The first-order valence-corrected chi connectivity index (χ1v) is 13.8. The molecule has 0 bridgehead atoms. The number of aryl methyl sites for hydroxylation is 1. The molecule has 12 heteroatoms. The topological polar surface area (TPSA) is 121 Å². The molecule has 3 aromatic rings. The summed E-state index contributed by atoms with van der Waals surface area (Å²) in [6.07, 6.45) is -1.50. The van der Waals surface area contributed by atoms with Gasteiger partial charge in [-0.25, -0.2) is 9.78 Å². The van der Waals surface area contributed by atoms with E-state index in [1.165, 1.54) is 11.0 Å². The number of carboxylic acid groups (broad SMARTS) is 1. The van der Waals surface area contributed by atoms with Crippen LogP contribution in [0.5, 0.6) is 5.88 Å². The molecule has 3 amide bonds. The lowest BCUT2D eigenvalue weighted by atomic mass is 9.69. The fourth-order valence-corrected chi connectivity index (χ4v) is 5.00. The first-order chi connectivity index (χ1) is 20.5. The van der Waals surface area contributed by atoms with Crippen LogP contribution in [-0.4, -0.2) is 64.2 Å². The van der Waals surface area contributed by atoms with Gasteiger partial charge >= 0.3 is 12.7 Å². The number of halogens is 2. The van der Waals surface area contributed by atoms with Crippen molar-refractivity contribution >= 4 is 23.6 Å². The molecule has 0 spiro atoms. The van der Waals surface area contributed by atoms with E-state index in [0.717, 1.165) is 11.1 Å². The number of nitrogens with zero attached hydrogens (tertiary/aromatic N) is 3. The van der Waals surface area contributed by atoms with Gasteiger partial charge in [-0.1, -0.05) is 68.4 Å².